The molecule has 0 aliphatic heterocycles. The van der Waals surface area contributed by atoms with E-state index < -0.39 is 0 Å². The first-order valence-corrected chi connectivity index (χ1v) is 10.6. The molecule has 142 valence electrons. The van der Waals surface area contributed by atoms with Gasteiger partial charge in [0.15, 0.2) is 0 Å². The fraction of sp³-hybridized carbons (Fsp3) is 0.400. The number of hydrogen-bond donors (Lipinski definition) is 0. The van der Waals surface area contributed by atoms with Gasteiger partial charge in [0, 0.05) is 14.9 Å². The lowest BCUT2D eigenvalue weighted by molar-refractivity contribution is 0.379. The zero-order valence-corrected chi connectivity index (χ0v) is 17.7. The van der Waals surface area contributed by atoms with Gasteiger partial charge in [-0.1, -0.05) is 29.3 Å². The molecule has 0 amide bonds. The van der Waals surface area contributed by atoms with Crippen LogP contribution in [-0.4, -0.2) is 28.5 Å². The Labute approximate surface area is 172 Å². The van der Waals surface area contributed by atoms with E-state index in [1.54, 1.807) is 28.0 Å². The van der Waals surface area contributed by atoms with E-state index in [1.807, 2.05) is 25.1 Å². The third-order valence-electron chi connectivity index (χ3n) is 4.96. The zero-order valence-electron chi connectivity index (χ0n) is 15.4. The molecular formula is C20H21Cl2N3OS. The molecule has 4 nitrogen and oxygen atoms in total. The number of thiophene rings is 1. The lowest BCUT2D eigenvalue weighted by atomic mass is 9.97. The number of hydrogen-bond acceptors (Lipinski definition) is 4. The summed E-state index contributed by atoms with van der Waals surface area (Å²) in [5.74, 6) is 0.766. The van der Waals surface area contributed by atoms with Crippen molar-refractivity contribution in [1.29, 1.82) is 0 Å². The summed E-state index contributed by atoms with van der Waals surface area (Å²) in [5.41, 5.74) is 2.13. The van der Waals surface area contributed by atoms with Crippen molar-refractivity contribution in [3.05, 3.63) is 60.4 Å². The van der Waals surface area contributed by atoms with Crippen LogP contribution in [-0.2, 0) is 25.9 Å². The van der Waals surface area contributed by atoms with Crippen LogP contribution in [0.2, 0.25) is 10.0 Å². The molecule has 1 aliphatic rings. The maximum absolute atomic E-state index is 13.5. The molecule has 0 saturated carbocycles. The average Bonchev–Trinajstić information content (AvgIpc) is 2.97. The molecule has 2 heterocycles. The Hall–Kier alpha value is -1.40. The van der Waals surface area contributed by atoms with Gasteiger partial charge < -0.3 is 4.90 Å². The second-order valence-corrected chi connectivity index (χ2v) is 9.21. The number of benzene rings is 1. The number of halogens is 2. The Kier molecular flexibility index (Phi) is 5.30. The van der Waals surface area contributed by atoms with Crippen molar-refractivity contribution >= 4 is 44.8 Å². The second-order valence-electron chi connectivity index (χ2n) is 7.28. The lowest BCUT2D eigenvalue weighted by Gasteiger charge is -2.17. The molecule has 4 rings (SSSR count). The van der Waals surface area contributed by atoms with E-state index >= 15 is 0 Å². The van der Waals surface area contributed by atoms with E-state index in [2.05, 4.69) is 0 Å². The standard InChI is InChI=1S/C20H21Cl2N3OS/c1-24(2)11-17-23-19-18(14-5-3-4-6-16(14)27-19)20(26)25(17)10-12-7-8-13(21)9-15(12)22/h7-9H,3-6,10-11H2,1-2H3. The molecule has 0 spiro atoms. The molecule has 3 aromatic rings. The minimum absolute atomic E-state index is 0.0438. The normalized spacial score (nSPS) is 14.1. The van der Waals surface area contributed by atoms with Gasteiger partial charge in [0.1, 0.15) is 10.7 Å². The summed E-state index contributed by atoms with van der Waals surface area (Å²) in [6.07, 6.45) is 4.36. The first kappa shape index (κ1) is 18.9. The van der Waals surface area contributed by atoms with E-state index in [4.69, 9.17) is 28.2 Å². The van der Waals surface area contributed by atoms with Gasteiger partial charge in [0.05, 0.1) is 18.5 Å². The van der Waals surface area contributed by atoms with Crippen molar-refractivity contribution in [2.45, 2.75) is 38.8 Å². The molecule has 27 heavy (non-hydrogen) atoms. The van der Waals surface area contributed by atoms with Crippen molar-refractivity contribution in [3.63, 3.8) is 0 Å². The van der Waals surface area contributed by atoms with Gasteiger partial charge in [0.2, 0.25) is 0 Å². The van der Waals surface area contributed by atoms with Crippen molar-refractivity contribution in [2.75, 3.05) is 14.1 Å². The maximum atomic E-state index is 13.5. The molecule has 0 fully saturated rings. The van der Waals surface area contributed by atoms with Crippen molar-refractivity contribution in [3.8, 4) is 0 Å². The number of nitrogens with zero attached hydrogens (tertiary/aromatic N) is 3. The molecule has 0 unspecified atom stereocenters. The summed E-state index contributed by atoms with van der Waals surface area (Å²) < 4.78 is 1.78. The minimum Gasteiger partial charge on any atom is -0.302 e. The van der Waals surface area contributed by atoms with Crippen LogP contribution in [0, 0.1) is 0 Å². The van der Waals surface area contributed by atoms with Gasteiger partial charge in [-0.3, -0.25) is 9.36 Å². The molecule has 0 atom stereocenters. The quantitative estimate of drug-likeness (QED) is 0.609. The van der Waals surface area contributed by atoms with Crippen LogP contribution >= 0.6 is 34.5 Å². The number of aromatic nitrogens is 2. The Morgan fingerprint density at radius 2 is 2.00 bits per heavy atom. The van der Waals surface area contributed by atoms with Crippen molar-refractivity contribution < 1.29 is 0 Å². The third kappa shape index (κ3) is 3.66. The summed E-state index contributed by atoms with van der Waals surface area (Å²) in [5, 5.41) is 1.96. The monoisotopic (exact) mass is 421 g/mol. The minimum atomic E-state index is 0.0438. The molecule has 0 N–H and O–H groups in total. The average molecular weight is 422 g/mol. The molecule has 0 radical (unpaired) electrons. The Balaban J connectivity index is 1.90. The van der Waals surface area contributed by atoms with Gasteiger partial charge in [0.25, 0.3) is 5.56 Å². The SMILES string of the molecule is CN(C)Cc1nc2sc3c(c2c(=O)n1Cc1ccc(Cl)cc1Cl)CCCC3. The highest BCUT2D eigenvalue weighted by atomic mass is 35.5. The number of aryl methyl sites for hydroxylation is 2. The fourth-order valence-corrected chi connectivity index (χ4v) is 5.41. The van der Waals surface area contributed by atoms with Crippen LogP contribution in [0.25, 0.3) is 10.2 Å². The second kappa shape index (κ2) is 7.55. The predicted molar refractivity (Wildman–Crippen MR) is 113 cm³/mol. The topological polar surface area (TPSA) is 38.1 Å². The summed E-state index contributed by atoms with van der Waals surface area (Å²) in [7, 11) is 3.96. The van der Waals surface area contributed by atoms with Crippen molar-refractivity contribution in [2.24, 2.45) is 0 Å². The van der Waals surface area contributed by atoms with Crippen molar-refractivity contribution in [1.82, 2.24) is 14.5 Å². The van der Waals surface area contributed by atoms with Crippen LogP contribution in [0.15, 0.2) is 23.0 Å². The van der Waals surface area contributed by atoms with E-state index in [1.165, 1.54) is 16.9 Å². The molecule has 7 heteroatoms. The maximum Gasteiger partial charge on any atom is 0.262 e. The van der Waals surface area contributed by atoms with Crippen LogP contribution in [0.5, 0.6) is 0 Å². The summed E-state index contributed by atoms with van der Waals surface area (Å²) in [6, 6.07) is 5.40. The summed E-state index contributed by atoms with van der Waals surface area (Å²) >= 11 is 14.1. The lowest BCUT2D eigenvalue weighted by Crippen LogP contribution is -2.29. The fourth-order valence-electron chi connectivity index (χ4n) is 3.67. The Bertz CT molecular complexity index is 1070. The third-order valence-corrected chi connectivity index (χ3v) is 6.73. The first-order chi connectivity index (χ1) is 12.9. The molecule has 0 bridgehead atoms. The summed E-state index contributed by atoms with van der Waals surface area (Å²) in [4.78, 5) is 22.6. The molecule has 2 aromatic heterocycles. The van der Waals surface area contributed by atoms with Crippen LogP contribution in [0.1, 0.15) is 34.7 Å². The Morgan fingerprint density at radius 1 is 1.22 bits per heavy atom. The van der Waals surface area contributed by atoms with E-state index in [0.717, 1.165) is 40.9 Å². The van der Waals surface area contributed by atoms with Gasteiger partial charge in [-0.25, -0.2) is 4.98 Å². The largest absolute Gasteiger partial charge is 0.302 e. The summed E-state index contributed by atoms with van der Waals surface area (Å²) in [6.45, 7) is 0.991. The molecular weight excluding hydrogens is 401 g/mol. The molecule has 1 aliphatic carbocycles. The van der Waals surface area contributed by atoms with E-state index in [0.29, 0.717) is 23.1 Å². The highest BCUT2D eigenvalue weighted by molar-refractivity contribution is 7.18. The van der Waals surface area contributed by atoms with Crippen LogP contribution < -0.4 is 5.56 Å². The smallest absolute Gasteiger partial charge is 0.262 e. The van der Waals surface area contributed by atoms with E-state index in [9.17, 15) is 4.79 Å². The predicted octanol–water partition coefficient (Wildman–Crippen LogP) is 4.75. The number of fused-ring (bicyclic) bond motifs is 3. The van der Waals surface area contributed by atoms with Gasteiger partial charge in [-0.2, -0.15) is 0 Å². The van der Waals surface area contributed by atoms with E-state index in [-0.39, 0.29) is 5.56 Å². The van der Waals surface area contributed by atoms with Gasteiger partial charge >= 0.3 is 0 Å². The first-order valence-electron chi connectivity index (χ1n) is 9.06. The Morgan fingerprint density at radius 3 is 2.74 bits per heavy atom. The van der Waals surface area contributed by atoms with Gasteiger partial charge in [-0.05, 0) is 63.0 Å². The van der Waals surface area contributed by atoms with Gasteiger partial charge in [-0.15, -0.1) is 11.3 Å². The molecule has 1 aromatic carbocycles. The van der Waals surface area contributed by atoms with Crippen LogP contribution in [0.4, 0.5) is 0 Å². The number of rotatable bonds is 4. The molecule has 0 saturated heterocycles. The highest BCUT2D eigenvalue weighted by Crippen LogP contribution is 2.34. The highest BCUT2D eigenvalue weighted by Gasteiger charge is 2.22. The zero-order chi connectivity index (χ0) is 19.1. The van der Waals surface area contributed by atoms with Crippen LogP contribution in [0.3, 0.4) is 0 Å².